The smallest absolute Gasteiger partial charge is 0.0675 e. The first kappa shape index (κ1) is 14.5. The first-order chi connectivity index (χ1) is 8.07. The molecule has 0 heterocycles. The van der Waals surface area contributed by atoms with Crippen molar-refractivity contribution in [1.29, 1.82) is 0 Å². The Hall–Kier alpha value is -0.563. The maximum Gasteiger partial charge on any atom is 0.0859 e. The maximum absolute atomic E-state index is 4.06. The molecular formula is C16H27Si. The van der Waals surface area contributed by atoms with Gasteiger partial charge in [0, 0.05) is 0 Å². The second-order valence-electron chi connectivity index (χ2n) is 5.35. The molecule has 0 bridgehead atoms. The Morgan fingerprint density at radius 1 is 1.00 bits per heavy atom. The van der Waals surface area contributed by atoms with Gasteiger partial charge in [0.25, 0.3) is 0 Å². The van der Waals surface area contributed by atoms with Crippen LogP contribution in [0.4, 0.5) is 0 Å². The van der Waals surface area contributed by atoms with Crippen molar-refractivity contribution < 1.29 is 0 Å². The van der Waals surface area contributed by atoms with Crippen molar-refractivity contribution in [3.8, 4) is 0 Å². The van der Waals surface area contributed by atoms with Crippen molar-refractivity contribution in [2.24, 2.45) is 5.92 Å². The van der Waals surface area contributed by atoms with Gasteiger partial charge in [-0.05, 0) is 17.9 Å². The summed E-state index contributed by atoms with van der Waals surface area (Å²) < 4.78 is 0. The standard InChI is InChI=1S/C16H27Si/c1-6-17(7-2,8-3)16-11-9-15(10-12-16)13-14(4)5/h9-12,14H,4,6-8,13H2,1-3,5H3. The molecule has 0 aliphatic heterocycles. The summed E-state index contributed by atoms with van der Waals surface area (Å²) in [7, 11) is -1.17. The fraction of sp³-hybridized carbons (Fsp3) is 0.562. The van der Waals surface area contributed by atoms with E-state index in [-0.39, 0.29) is 0 Å². The molecule has 0 saturated carbocycles. The van der Waals surface area contributed by atoms with Gasteiger partial charge in [0.15, 0.2) is 0 Å². The Morgan fingerprint density at radius 2 is 1.47 bits per heavy atom. The molecule has 1 aromatic rings. The largest absolute Gasteiger partial charge is 0.0859 e. The molecule has 0 amide bonds. The van der Waals surface area contributed by atoms with Crippen LogP contribution in [0.25, 0.3) is 0 Å². The summed E-state index contributed by atoms with van der Waals surface area (Å²) in [6.45, 7) is 13.3. The predicted octanol–water partition coefficient (Wildman–Crippen LogP) is 4.41. The third kappa shape index (κ3) is 3.45. The molecule has 1 unspecified atom stereocenters. The van der Waals surface area contributed by atoms with E-state index >= 15 is 0 Å². The second kappa shape index (κ2) is 6.39. The number of hydrogen-bond acceptors (Lipinski definition) is 0. The lowest BCUT2D eigenvalue weighted by Gasteiger charge is -2.28. The lowest BCUT2D eigenvalue weighted by atomic mass is 10.0. The van der Waals surface area contributed by atoms with E-state index in [1.54, 1.807) is 5.19 Å². The lowest BCUT2D eigenvalue weighted by molar-refractivity contribution is 0.719. The minimum atomic E-state index is -1.17. The first-order valence-electron chi connectivity index (χ1n) is 7.00. The van der Waals surface area contributed by atoms with Crippen LogP contribution in [0.2, 0.25) is 18.1 Å². The maximum atomic E-state index is 4.06. The Morgan fingerprint density at radius 3 is 1.82 bits per heavy atom. The highest BCUT2D eigenvalue weighted by Crippen LogP contribution is 2.20. The van der Waals surface area contributed by atoms with Crippen LogP contribution in [0.1, 0.15) is 33.3 Å². The molecular weight excluding hydrogens is 220 g/mol. The molecule has 0 spiro atoms. The van der Waals surface area contributed by atoms with Crippen LogP contribution in [-0.2, 0) is 6.42 Å². The quantitative estimate of drug-likeness (QED) is 0.653. The zero-order chi connectivity index (χ0) is 12.9. The van der Waals surface area contributed by atoms with E-state index in [1.807, 2.05) is 0 Å². The Balaban J connectivity index is 2.92. The van der Waals surface area contributed by atoms with Crippen LogP contribution in [-0.4, -0.2) is 8.07 Å². The molecule has 0 saturated heterocycles. The topological polar surface area (TPSA) is 0 Å². The Kier molecular flexibility index (Phi) is 5.45. The van der Waals surface area contributed by atoms with Crippen LogP contribution in [0.5, 0.6) is 0 Å². The van der Waals surface area contributed by atoms with E-state index < -0.39 is 8.07 Å². The Bertz CT molecular complexity index is 312. The normalized spacial score (nSPS) is 12.1. The van der Waals surface area contributed by atoms with Crippen molar-refractivity contribution in [2.75, 3.05) is 0 Å². The fourth-order valence-corrected chi connectivity index (χ4v) is 6.36. The van der Waals surface area contributed by atoms with Gasteiger partial charge in [0.1, 0.15) is 0 Å². The molecule has 1 rings (SSSR count). The van der Waals surface area contributed by atoms with Gasteiger partial charge in [-0.2, -0.15) is 0 Å². The van der Waals surface area contributed by atoms with Crippen molar-refractivity contribution in [2.45, 2.75) is 52.2 Å². The number of benzene rings is 1. The SMILES string of the molecule is [CH2]C(C)Cc1ccc([Si](CC)(CC)CC)cc1. The second-order valence-corrected chi connectivity index (χ2v) is 10.6. The molecule has 1 aromatic carbocycles. The zero-order valence-electron chi connectivity index (χ0n) is 11.9. The summed E-state index contributed by atoms with van der Waals surface area (Å²) in [6, 6.07) is 13.5. The zero-order valence-corrected chi connectivity index (χ0v) is 12.9. The van der Waals surface area contributed by atoms with E-state index in [9.17, 15) is 0 Å². The van der Waals surface area contributed by atoms with E-state index in [0.717, 1.165) is 6.42 Å². The van der Waals surface area contributed by atoms with Gasteiger partial charge in [-0.1, -0.05) is 82.2 Å². The van der Waals surface area contributed by atoms with Gasteiger partial charge in [0.2, 0.25) is 0 Å². The average Bonchev–Trinajstić information content (AvgIpc) is 2.33. The lowest BCUT2D eigenvalue weighted by Crippen LogP contribution is -2.45. The van der Waals surface area contributed by atoms with Gasteiger partial charge in [-0.15, -0.1) is 0 Å². The molecule has 0 fully saturated rings. The monoisotopic (exact) mass is 247 g/mol. The van der Waals surface area contributed by atoms with Crippen molar-refractivity contribution >= 4 is 13.3 Å². The van der Waals surface area contributed by atoms with Gasteiger partial charge >= 0.3 is 0 Å². The van der Waals surface area contributed by atoms with E-state index in [1.165, 1.54) is 23.7 Å². The minimum Gasteiger partial charge on any atom is -0.0675 e. The third-order valence-corrected chi connectivity index (χ3v) is 9.80. The van der Waals surface area contributed by atoms with Crippen LogP contribution in [0, 0.1) is 12.8 Å². The van der Waals surface area contributed by atoms with Gasteiger partial charge in [0.05, 0.1) is 8.07 Å². The van der Waals surface area contributed by atoms with Crippen LogP contribution >= 0.6 is 0 Å². The molecule has 0 aromatic heterocycles. The highest BCUT2D eigenvalue weighted by atomic mass is 28.3. The van der Waals surface area contributed by atoms with E-state index in [4.69, 9.17) is 0 Å². The molecule has 1 radical (unpaired) electrons. The third-order valence-electron chi connectivity index (χ3n) is 4.18. The summed E-state index contributed by atoms with van der Waals surface area (Å²) in [4.78, 5) is 0. The predicted molar refractivity (Wildman–Crippen MR) is 81.5 cm³/mol. The number of hydrogen-bond donors (Lipinski definition) is 0. The summed E-state index contributed by atoms with van der Waals surface area (Å²) in [5, 5.41) is 1.64. The molecule has 95 valence electrons. The van der Waals surface area contributed by atoms with Crippen molar-refractivity contribution in [3.63, 3.8) is 0 Å². The fourth-order valence-electron chi connectivity index (χ4n) is 2.76. The van der Waals surface area contributed by atoms with Gasteiger partial charge in [-0.3, -0.25) is 0 Å². The Labute approximate surface area is 108 Å². The summed E-state index contributed by atoms with van der Waals surface area (Å²) in [5.74, 6) is 0.506. The molecule has 17 heavy (non-hydrogen) atoms. The summed E-state index contributed by atoms with van der Waals surface area (Å²) >= 11 is 0. The van der Waals surface area contributed by atoms with Gasteiger partial charge in [-0.25, -0.2) is 0 Å². The summed E-state index contributed by atoms with van der Waals surface area (Å²) in [6.07, 6.45) is 1.10. The van der Waals surface area contributed by atoms with Crippen LogP contribution < -0.4 is 5.19 Å². The highest BCUT2D eigenvalue weighted by molar-refractivity contribution is 6.91. The van der Waals surface area contributed by atoms with E-state index in [2.05, 4.69) is 58.9 Å². The first-order valence-corrected chi connectivity index (χ1v) is 9.62. The number of rotatable bonds is 6. The molecule has 0 N–H and O–H groups in total. The van der Waals surface area contributed by atoms with Crippen LogP contribution in [0.15, 0.2) is 24.3 Å². The molecule has 1 atom stereocenters. The molecule has 1 heteroatoms. The highest BCUT2D eigenvalue weighted by Gasteiger charge is 2.28. The molecule has 0 nitrogen and oxygen atoms in total. The van der Waals surface area contributed by atoms with Gasteiger partial charge < -0.3 is 0 Å². The van der Waals surface area contributed by atoms with Crippen molar-refractivity contribution in [1.82, 2.24) is 0 Å². The summed E-state index contributed by atoms with van der Waals surface area (Å²) in [5.41, 5.74) is 1.43. The molecule has 0 aliphatic rings. The minimum absolute atomic E-state index is 0.506. The molecule has 0 aliphatic carbocycles. The van der Waals surface area contributed by atoms with Crippen molar-refractivity contribution in [3.05, 3.63) is 36.8 Å². The van der Waals surface area contributed by atoms with E-state index in [0.29, 0.717) is 5.92 Å². The van der Waals surface area contributed by atoms with Crippen LogP contribution in [0.3, 0.4) is 0 Å². The average molecular weight is 247 g/mol.